The van der Waals surface area contributed by atoms with Gasteiger partial charge in [0.1, 0.15) is 13.2 Å². The molecule has 5 aromatic rings. The molecule has 0 atom stereocenters. The van der Waals surface area contributed by atoms with Crippen LogP contribution in [-0.4, -0.2) is 31.9 Å². The van der Waals surface area contributed by atoms with E-state index in [4.69, 9.17) is 9.47 Å². The van der Waals surface area contributed by atoms with Crippen LogP contribution in [0.5, 0.6) is 0 Å². The Morgan fingerprint density at radius 3 is 1.35 bits per heavy atom. The van der Waals surface area contributed by atoms with Crippen LogP contribution in [0.3, 0.4) is 0 Å². The van der Waals surface area contributed by atoms with E-state index in [1.165, 1.54) is 12.4 Å². The molecule has 0 aliphatic carbocycles. The van der Waals surface area contributed by atoms with Gasteiger partial charge in [-0.3, -0.25) is 9.97 Å². The van der Waals surface area contributed by atoms with Crippen molar-refractivity contribution >= 4 is 34.0 Å². The van der Waals surface area contributed by atoms with E-state index in [0.717, 1.165) is 11.1 Å². The van der Waals surface area contributed by atoms with Crippen molar-refractivity contribution in [3.63, 3.8) is 0 Å². The van der Waals surface area contributed by atoms with E-state index < -0.39 is 11.9 Å². The lowest BCUT2D eigenvalue weighted by atomic mass is 10.1. The summed E-state index contributed by atoms with van der Waals surface area (Å²) in [5, 5.41) is 0. The van der Waals surface area contributed by atoms with Gasteiger partial charge in [-0.05, 0) is 35.4 Å². The van der Waals surface area contributed by atoms with Crippen molar-refractivity contribution in [1.82, 2.24) is 19.9 Å². The van der Waals surface area contributed by atoms with Crippen molar-refractivity contribution in [3.05, 3.63) is 108 Å². The van der Waals surface area contributed by atoms with E-state index in [0.29, 0.717) is 22.1 Å². The number of hydrogen-bond donors (Lipinski definition) is 0. The number of carbonyl (C=O) groups is 2. The average molecular weight is 450 g/mol. The molecule has 0 amide bonds. The first-order chi connectivity index (χ1) is 16.7. The molecule has 3 aromatic carbocycles. The van der Waals surface area contributed by atoms with Gasteiger partial charge in [0, 0.05) is 0 Å². The Morgan fingerprint density at radius 2 is 0.941 bits per heavy atom. The van der Waals surface area contributed by atoms with E-state index in [1.807, 2.05) is 36.4 Å². The van der Waals surface area contributed by atoms with Crippen LogP contribution in [-0.2, 0) is 22.7 Å². The first kappa shape index (κ1) is 21.1. The lowest BCUT2D eigenvalue weighted by molar-refractivity contribution is 0.0453. The number of aromatic nitrogens is 4. The number of carbonyl (C=O) groups excluding carboxylic acids is 2. The summed E-state index contributed by atoms with van der Waals surface area (Å²) in [6, 6.07) is 21.8. The molecule has 2 heterocycles. The van der Waals surface area contributed by atoms with Gasteiger partial charge in [0.2, 0.25) is 0 Å². The topological polar surface area (TPSA) is 104 Å². The third-order valence-electron chi connectivity index (χ3n) is 5.08. The molecule has 8 nitrogen and oxygen atoms in total. The molecule has 0 spiro atoms. The van der Waals surface area contributed by atoms with E-state index >= 15 is 0 Å². The average Bonchev–Trinajstić information content (AvgIpc) is 2.90. The number of hydrogen-bond acceptors (Lipinski definition) is 8. The molecule has 34 heavy (non-hydrogen) atoms. The van der Waals surface area contributed by atoms with Crippen LogP contribution in [0.2, 0.25) is 0 Å². The van der Waals surface area contributed by atoms with Crippen molar-refractivity contribution in [2.75, 3.05) is 0 Å². The Bertz CT molecular complexity index is 1390. The molecule has 0 fully saturated rings. The van der Waals surface area contributed by atoms with Gasteiger partial charge in [0.05, 0.1) is 34.5 Å². The zero-order valence-corrected chi connectivity index (χ0v) is 17.9. The standard InChI is InChI=1S/C26H18N4O4/c31-25(23-13-27-19-5-1-3-7-21(19)29-23)33-15-17-9-11-18(12-10-17)16-34-26(32)24-14-28-20-6-2-4-8-22(20)30-24/h1-14H,15-16H2. The van der Waals surface area contributed by atoms with Gasteiger partial charge in [-0.15, -0.1) is 0 Å². The number of fused-ring (bicyclic) bond motifs is 2. The van der Waals surface area contributed by atoms with Crippen LogP contribution < -0.4 is 0 Å². The van der Waals surface area contributed by atoms with Crippen LogP contribution in [0.25, 0.3) is 22.1 Å². The lowest BCUT2D eigenvalue weighted by Gasteiger charge is -2.07. The van der Waals surface area contributed by atoms with Crippen LogP contribution in [0.1, 0.15) is 32.1 Å². The Hall–Kier alpha value is -4.72. The summed E-state index contributed by atoms with van der Waals surface area (Å²) < 4.78 is 10.7. The van der Waals surface area contributed by atoms with Gasteiger partial charge < -0.3 is 9.47 Å². The highest BCUT2D eigenvalue weighted by Gasteiger charge is 2.12. The van der Waals surface area contributed by atoms with Crippen molar-refractivity contribution in [1.29, 1.82) is 0 Å². The predicted molar refractivity (Wildman–Crippen MR) is 124 cm³/mol. The highest BCUT2D eigenvalue weighted by molar-refractivity contribution is 5.90. The van der Waals surface area contributed by atoms with Gasteiger partial charge >= 0.3 is 11.9 Å². The minimum atomic E-state index is -0.548. The maximum Gasteiger partial charge on any atom is 0.358 e. The normalized spacial score (nSPS) is 10.8. The second kappa shape index (κ2) is 9.41. The second-order valence-corrected chi connectivity index (χ2v) is 7.46. The highest BCUT2D eigenvalue weighted by atomic mass is 16.5. The number of ether oxygens (including phenoxy) is 2. The first-order valence-corrected chi connectivity index (χ1v) is 10.5. The van der Waals surface area contributed by atoms with Crippen LogP contribution in [0.4, 0.5) is 0 Å². The molecule has 166 valence electrons. The van der Waals surface area contributed by atoms with Gasteiger partial charge in [-0.2, -0.15) is 0 Å². The van der Waals surface area contributed by atoms with Crippen LogP contribution >= 0.6 is 0 Å². The van der Waals surface area contributed by atoms with Crippen molar-refractivity contribution in [3.8, 4) is 0 Å². The molecule has 0 saturated heterocycles. The zero-order chi connectivity index (χ0) is 23.3. The van der Waals surface area contributed by atoms with Gasteiger partial charge in [0.25, 0.3) is 0 Å². The van der Waals surface area contributed by atoms with Crippen molar-refractivity contribution in [2.24, 2.45) is 0 Å². The molecule has 0 aliphatic heterocycles. The SMILES string of the molecule is O=C(OCc1ccc(COC(=O)c2cnc3ccccc3n2)cc1)c1cnc2ccccc2n1. The molecule has 0 aliphatic rings. The fourth-order valence-electron chi connectivity index (χ4n) is 3.29. The van der Waals surface area contributed by atoms with Crippen molar-refractivity contribution in [2.45, 2.75) is 13.2 Å². The third kappa shape index (κ3) is 4.71. The maximum absolute atomic E-state index is 12.3. The summed E-state index contributed by atoms with van der Waals surface area (Å²) in [5.41, 5.74) is 4.57. The Labute approximate surface area is 194 Å². The largest absolute Gasteiger partial charge is 0.456 e. The second-order valence-electron chi connectivity index (χ2n) is 7.46. The maximum atomic E-state index is 12.3. The van der Waals surface area contributed by atoms with Crippen LogP contribution in [0.15, 0.2) is 85.2 Å². The fraction of sp³-hybridized carbons (Fsp3) is 0.0769. The van der Waals surface area contributed by atoms with E-state index in [1.54, 1.807) is 36.4 Å². The van der Waals surface area contributed by atoms with Gasteiger partial charge in [-0.1, -0.05) is 48.5 Å². The quantitative estimate of drug-likeness (QED) is 0.353. The molecule has 0 N–H and O–H groups in total. The number of esters is 2. The minimum absolute atomic E-state index is 0.0834. The Kier molecular flexibility index (Phi) is 5.85. The smallest absolute Gasteiger partial charge is 0.358 e. The van der Waals surface area contributed by atoms with E-state index in [2.05, 4.69) is 19.9 Å². The van der Waals surface area contributed by atoms with Crippen LogP contribution in [0, 0.1) is 0 Å². The molecule has 2 aromatic heterocycles. The summed E-state index contributed by atoms with van der Waals surface area (Å²) in [6.07, 6.45) is 2.81. The Morgan fingerprint density at radius 1 is 0.559 bits per heavy atom. The molecule has 0 radical (unpaired) electrons. The fourth-order valence-corrected chi connectivity index (χ4v) is 3.29. The molecule has 8 heteroatoms. The molecule has 0 unspecified atom stereocenters. The molecule has 5 rings (SSSR count). The Balaban J connectivity index is 1.15. The molecule has 0 bridgehead atoms. The zero-order valence-electron chi connectivity index (χ0n) is 17.9. The summed E-state index contributed by atoms with van der Waals surface area (Å²) in [5.74, 6) is -1.10. The number of para-hydroxylation sites is 4. The monoisotopic (exact) mass is 450 g/mol. The first-order valence-electron chi connectivity index (χ1n) is 10.5. The summed E-state index contributed by atoms with van der Waals surface area (Å²) in [4.78, 5) is 41.7. The van der Waals surface area contributed by atoms with Crippen molar-refractivity contribution < 1.29 is 19.1 Å². The molecular formula is C26H18N4O4. The number of benzene rings is 3. The summed E-state index contributed by atoms with van der Waals surface area (Å²) >= 11 is 0. The van der Waals surface area contributed by atoms with Gasteiger partial charge in [0.15, 0.2) is 11.4 Å². The summed E-state index contributed by atoms with van der Waals surface area (Å²) in [7, 11) is 0. The number of rotatable bonds is 6. The molecule has 0 saturated carbocycles. The number of nitrogens with zero attached hydrogens (tertiary/aromatic N) is 4. The lowest BCUT2D eigenvalue weighted by Crippen LogP contribution is -2.09. The third-order valence-corrected chi connectivity index (χ3v) is 5.08. The minimum Gasteiger partial charge on any atom is -0.456 e. The van der Waals surface area contributed by atoms with E-state index in [9.17, 15) is 9.59 Å². The molecular weight excluding hydrogens is 432 g/mol. The predicted octanol–water partition coefficient (Wildman–Crippen LogP) is 4.29. The summed E-state index contributed by atoms with van der Waals surface area (Å²) in [6.45, 7) is 0.167. The highest BCUT2D eigenvalue weighted by Crippen LogP contribution is 2.13. The van der Waals surface area contributed by atoms with E-state index in [-0.39, 0.29) is 24.6 Å². The van der Waals surface area contributed by atoms with Gasteiger partial charge in [-0.25, -0.2) is 19.6 Å².